The maximum Gasteiger partial charge on any atom is 0.323 e. The molecule has 0 spiro atoms. The fourth-order valence-electron chi connectivity index (χ4n) is 4.28. The number of pyridine rings is 1. The molecule has 0 radical (unpaired) electrons. The minimum Gasteiger partial charge on any atom is -0.508 e. The topological polar surface area (TPSA) is 92.6 Å². The van der Waals surface area contributed by atoms with Crippen LogP contribution in [0.3, 0.4) is 0 Å². The Morgan fingerprint density at radius 2 is 1.61 bits per heavy atom. The number of anilines is 2. The highest BCUT2D eigenvalue weighted by molar-refractivity contribution is 6.03. The Morgan fingerprint density at radius 1 is 0.972 bits per heavy atom. The van der Waals surface area contributed by atoms with Crippen LogP contribution in [0.2, 0.25) is 0 Å². The van der Waals surface area contributed by atoms with E-state index < -0.39 is 6.03 Å². The quantitative estimate of drug-likeness (QED) is 0.303. The Balaban J connectivity index is 2.09. The number of phenols is 1. The van der Waals surface area contributed by atoms with Crippen LogP contribution in [0.4, 0.5) is 16.2 Å². The van der Waals surface area contributed by atoms with Crippen LogP contribution in [0.25, 0.3) is 11.1 Å². The molecule has 0 fully saturated rings. The van der Waals surface area contributed by atoms with Gasteiger partial charge in [0.25, 0.3) is 5.56 Å². The summed E-state index contributed by atoms with van der Waals surface area (Å²) in [4.78, 5) is 26.9. The van der Waals surface area contributed by atoms with Crippen LogP contribution in [-0.2, 0) is 6.54 Å². The number of methoxy groups -OCH3 is 1. The van der Waals surface area contributed by atoms with Crippen molar-refractivity contribution in [3.63, 3.8) is 0 Å². The fourth-order valence-corrected chi connectivity index (χ4v) is 4.28. The number of phenolic OH excluding ortho intramolecular Hbond substituents is 1. The van der Waals surface area contributed by atoms with E-state index in [4.69, 9.17) is 4.74 Å². The molecule has 7 nitrogen and oxygen atoms in total. The van der Waals surface area contributed by atoms with Crippen molar-refractivity contribution < 1.29 is 14.6 Å². The number of carbonyl (C=O) groups is 1. The van der Waals surface area contributed by atoms with Crippen molar-refractivity contribution >= 4 is 17.4 Å². The number of carbonyl (C=O) groups excluding carboxylic acids is 1. The van der Waals surface area contributed by atoms with Gasteiger partial charge in [-0.2, -0.15) is 0 Å². The molecule has 36 heavy (non-hydrogen) atoms. The first kappa shape index (κ1) is 26.9. The standard InChI is InChI=1S/C29H37N3O4/c1-7-8-15-32-16-14-23(24-17-20(33)12-13-25(24)36-6)27(28(32)34)31-29(35)30-26-21(18(2)3)10-9-11-22(26)19(4)5/h9-14,16-19,33H,7-8,15H2,1-6H3,(H2,30,31,35). The van der Waals surface area contributed by atoms with Gasteiger partial charge < -0.3 is 25.0 Å². The van der Waals surface area contributed by atoms with E-state index >= 15 is 0 Å². The van der Waals surface area contributed by atoms with Gasteiger partial charge in [-0.15, -0.1) is 0 Å². The van der Waals surface area contributed by atoms with E-state index in [2.05, 4.69) is 45.3 Å². The molecule has 3 N–H and O–H groups in total. The van der Waals surface area contributed by atoms with Crippen molar-refractivity contribution in [3.05, 3.63) is 70.1 Å². The van der Waals surface area contributed by atoms with Gasteiger partial charge in [-0.1, -0.05) is 59.2 Å². The SMILES string of the molecule is CCCCn1ccc(-c2cc(O)ccc2OC)c(NC(=O)Nc2c(C(C)C)cccc2C(C)C)c1=O. The Kier molecular flexibility index (Phi) is 8.80. The number of urea groups is 1. The minimum absolute atomic E-state index is 0.0313. The van der Waals surface area contributed by atoms with Gasteiger partial charge in [-0.3, -0.25) is 4.79 Å². The number of unbranched alkanes of at least 4 members (excludes halogenated alkanes) is 1. The van der Waals surface area contributed by atoms with E-state index in [1.165, 1.54) is 19.2 Å². The predicted molar refractivity (Wildman–Crippen MR) is 147 cm³/mol. The summed E-state index contributed by atoms with van der Waals surface area (Å²) in [6, 6.07) is 12.0. The molecular weight excluding hydrogens is 454 g/mol. The molecule has 3 aromatic rings. The molecule has 1 aromatic heterocycles. The summed E-state index contributed by atoms with van der Waals surface area (Å²) in [5, 5.41) is 16.0. The number of hydrogen-bond acceptors (Lipinski definition) is 4. The molecular formula is C29H37N3O4. The highest BCUT2D eigenvalue weighted by Gasteiger charge is 2.20. The first-order valence-corrected chi connectivity index (χ1v) is 12.5. The summed E-state index contributed by atoms with van der Waals surface area (Å²) in [6.07, 6.45) is 3.48. The lowest BCUT2D eigenvalue weighted by Crippen LogP contribution is -2.29. The molecule has 192 valence electrons. The summed E-state index contributed by atoms with van der Waals surface area (Å²) in [7, 11) is 1.52. The van der Waals surface area contributed by atoms with Crippen molar-refractivity contribution in [2.75, 3.05) is 17.7 Å². The van der Waals surface area contributed by atoms with Gasteiger partial charge in [0.1, 0.15) is 17.2 Å². The van der Waals surface area contributed by atoms with Crippen LogP contribution in [0.15, 0.2) is 53.5 Å². The third kappa shape index (κ3) is 5.90. The Bertz CT molecular complexity index is 1250. The number of aromatic nitrogens is 1. The van der Waals surface area contributed by atoms with E-state index in [9.17, 15) is 14.7 Å². The molecule has 0 saturated carbocycles. The van der Waals surface area contributed by atoms with Gasteiger partial charge in [-0.25, -0.2) is 4.79 Å². The zero-order valence-corrected chi connectivity index (χ0v) is 22.0. The van der Waals surface area contributed by atoms with Crippen molar-refractivity contribution in [3.8, 4) is 22.6 Å². The van der Waals surface area contributed by atoms with Crippen molar-refractivity contribution in [1.82, 2.24) is 4.57 Å². The maximum atomic E-state index is 13.5. The molecule has 0 atom stereocenters. The molecule has 3 rings (SSSR count). The zero-order chi connectivity index (χ0) is 26.4. The third-order valence-electron chi connectivity index (χ3n) is 6.24. The summed E-state index contributed by atoms with van der Waals surface area (Å²) in [5.41, 5.74) is 3.61. The van der Waals surface area contributed by atoms with E-state index in [1.807, 2.05) is 18.2 Å². The number of ether oxygens (including phenoxy) is 1. The summed E-state index contributed by atoms with van der Waals surface area (Å²) >= 11 is 0. The average molecular weight is 492 g/mol. The lowest BCUT2D eigenvalue weighted by molar-refractivity contribution is 0.262. The van der Waals surface area contributed by atoms with Crippen LogP contribution in [0.1, 0.15) is 70.4 Å². The highest BCUT2D eigenvalue weighted by atomic mass is 16.5. The number of nitrogens with zero attached hydrogens (tertiary/aromatic N) is 1. The lowest BCUT2D eigenvalue weighted by atomic mass is 9.93. The Hall–Kier alpha value is -3.74. The number of hydrogen-bond donors (Lipinski definition) is 3. The van der Waals surface area contributed by atoms with Gasteiger partial charge in [-0.05, 0) is 53.6 Å². The molecule has 0 aliphatic rings. The first-order chi connectivity index (χ1) is 17.2. The second kappa shape index (κ2) is 11.8. The van der Waals surface area contributed by atoms with Crippen LogP contribution >= 0.6 is 0 Å². The summed E-state index contributed by atoms with van der Waals surface area (Å²) in [6.45, 7) is 10.9. The van der Waals surface area contributed by atoms with Crippen LogP contribution < -0.4 is 20.9 Å². The van der Waals surface area contributed by atoms with Gasteiger partial charge >= 0.3 is 6.03 Å². The molecule has 0 aliphatic carbocycles. The largest absolute Gasteiger partial charge is 0.508 e. The van der Waals surface area contributed by atoms with Gasteiger partial charge in [0.15, 0.2) is 0 Å². The lowest BCUT2D eigenvalue weighted by Gasteiger charge is -2.21. The smallest absolute Gasteiger partial charge is 0.323 e. The molecule has 2 amide bonds. The monoisotopic (exact) mass is 491 g/mol. The average Bonchev–Trinajstić information content (AvgIpc) is 2.84. The van der Waals surface area contributed by atoms with Crippen molar-refractivity contribution in [2.24, 2.45) is 0 Å². The van der Waals surface area contributed by atoms with Crippen LogP contribution in [0, 0.1) is 0 Å². The number of para-hydroxylation sites is 1. The normalized spacial score (nSPS) is 11.1. The highest BCUT2D eigenvalue weighted by Crippen LogP contribution is 2.37. The number of aromatic hydroxyl groups is 1. The van der Waals surface area contributed by atoms with Gasteiger partial charge in [0, 0.05) is 29.6 Å². The molecule has 0 bridgehead atoms. The predicted octanol–water partition coefficient (Wildman–Crippen LogP) is 6.92. The van der Waals surface area contributed by atoms with Crippen molar-refractivity contribution in [1.29, 1.82) is 0 Å². The number of rotatable bonds is 9. The number of nitrogens with one attached hydrogen (secondary N) is 2. The number of amides is 2. The second-order valence-electron chi connectivity index (χ2n) is 9.54. The third-order valence-corrected chi connectivity index (χ3v) is 6.24. The second-order valence-corrected chi connectivity index (χ2v) is 9.54. The Morgan fingerprint density at radius 3 is 2.19 bits per heavy atom. The van der Waals surface area contributed by atoms with Crippen LogP contribution in [-0.4, -0.2) is 22.8 Å². The fraction of sp³-hybridized carbons (Fsp3) is 0.379. The minimum atomic E-state index is -0.504. The molecule has 0 unspecified atom stereocenters. The number of benzene rings is 2. The van der Waals surface area contributed by atoms with E-state index in [0.29, 0.717) is 23.4 Å². The van der Waals surface area contributed by atoms with Crippen molar-refractivity contribution in [2.45, 2.75) is 65.8 Å². The molecule has 7 heteroatoms. The molecule has 1 heterocycles. The van der Waals surface area contributed by atoms with Gasteiger partial charge in [0.05, 0.1) is 7.11 Å². The first-order valence-electron chi connectivity index (χ1n) is 12.5. The van der Waals surface area contributed by atoms with Crippen LogP contribution in [0.5, 0.6) is 11.5 Å². The summed E-state index contributed by atoms with van der Waals surface area (Å²) < 4.78 is 7.08. The maximum absolute atomic E-state index is 13.5. The molecule has 0 aliphatic heterocycles. The number of aryl methyl sites for hydroxylation is 1. The molecule has 0 saturated heterocycles. The van der Waals surface area contributed by atoms with E-state index in [1.54, 1.807) is 22.9 Å². The van der Waals surface area contributed by atoms with E-state index in [-0.39, 0.29) is 28.8 Å². The zero-order valence-electron chi connectivity index (χ0n) is 22.0. The van der Waals surface area contributed by atoms with Gasteiger partial charge in [0.2, 0.25) is 0 Å². The van der Waals surface area contributed by atoms with E-state index in [0.717, 1.165) is 29.7 Å². The molecule has 2 aromatic carbocycles. The Labute approximate surface area is 213 Å². The summed E-state index contributed by atoms with van der Waals surface area (Å²) in [5.74, 6) is 0.918.